The molecule has 8 nitrogen and oxygen atoms in total. The maximum atomic E-state index is 15.8. The Hall–Kier alpha value is -3.53. The number of hydrogen-bond donors (Lipinski definition) is 1. The van der Waals surface area contributed by atoms with Gasteiger partial charge in [0.15, 0.2) is 0 Å². The number of aliphatic hydroxyl groups is 1. The van der Waals surface area contributed by atoms with Gasteiger partial charge in [0.1, 0.15) is 5.82 Å². The molecule has 1 saturated carbocycles. The Morgan fingerprint density at radius 1 is 0.956 bits per heavy atom. The van der Waals surface area contributed by atoms with E-state index in [0.717, 1.165) is 80.9 Å². The van der Waals surface area contributed by atoms with Gasteiger partial charge in [-0.15, -0.1) is 0 Å². The van der Waals surface area contributed by atoms with Crippen molar-refractivity contribution in [1.82, 2.24) is 14.9 Å². The summed E-state index contributed by atoms with van der Waals surface area (Å²) in [6.07, 6.45) is 11.3. The minimum Gasteiger partial charge on any atom is -0.394 e. The normalized spacial score (nSPS) is 22.1. The molecule has 2 atom stereocenters. The number of fused-ring (bicyclic) bond motifs is 1. The van der Waals surface area contributed by atoms with Crippen LogP contribution in [0.4, 0.5) is 21.5 Å². The maximum Gasteiger partial charge on any atom is 0.146 e. The Bertz CT molecular complexity index is 1530. The molecule has 7 rings (SSSR count). The average Bonchev–Trinajstić information content (AvgIpc) is 3.90. The zero-order chi connectivity index (χ0) is 30.9. The standard InChI is InChI=1S/C36H45FN6O2/c1-25-5-6-31(18-39-25)40-11-3-4-32(22-40)42(19-27-9-10-38-26(2)14-27)20-28-15-29-16-34(37)36(41-12-13-45-33(23-41)24-44)17-35(29)43(21-28)30-7-8-30/h5-6,9-10,14,16-18,21,30,32-33,44H,3-4,7-8,11-13,15,19-20,22-24H2,1-2H3/t32-,33?/m0/s1. The van der Waals surface area contributed by atoms with Crippen molar-refractivity contribution in [1.29, 1.82) is 0 Å². The lowest BCUT2D eigenvalue weighted by Gasteiger charge is -2.41. The fourth-order valence-electron chi connectivity index (χ4n) is 7.22. The number of hydrogen-bond acceptors (Lipinski definition) is 8. The summed E-state index contributed by atoms with van der Waals surface area (Å²) in [5.74, 6) is -0.192. The zero-order valence-corrected chi connectivity index (χ0v) is 26.5. The van der Waals surface area contributed by atoms with Crippen molar-refractivity contribution >= 4 is 17.1 Å². The first-order chi connectivity index (χ1) is 21.9. The molecule has 1 aliphatic carbocycles. The van der Waals surface area contributed by atoms with Gasteiger partial charge in [0, 0.05) is 80.8 Å². The van der Waals surface area contributed by atoms with E-state index in [-0.39, 0.29) is 18.5 Å². The number of aromatic nitrogens is 2. The lowest BCUT2D eigenvalue weighted by molar-refractivity contribution is 0.00341. The monoisotopic (exact) mass is 612 g/mol. The number of nitrogens with zero attached hydrogens (tertiary/aromatic N) is 6. The predicted octanol–water partition coefficient (Wildman–Crippen LogP) is 5.01. The van der Waals surface area contributed by atoms with Crippen LogP contribution in [0.25, 0.3) is 0 Å². The van der Waals surface area contributed by atoms with E-state index in [1.54, 1.807) is 6.07 Å². The van der Waals surface area contributed by atoms with E-state index in [0.29, 0.717) is 37.5 Å². The minimum absolute atomic E-state index is 0.0560. The summed E-state index contributed by atoms with van der Waals surface area (Å²) in [5.41, 5.74) is 8.65. The van der Waals surface area contributed by atoms with Gasteiger partial charge >= 0.3 is 0 Å². The summed E-state index contributed by atoms with van der Waals surface area (Å²) in [6, 6.07) is 13.3. The van der Waals surface area contributed by atoms with E-state index < -0.39 is 0 Å². The molecule has 1 unspecified atom stereocenters. The molecule has 3 aromatic rings. The second kappa shape index (κ2) is 13.1. The number of aryl methyl sites for hydroxylation is 2. The van der Waals surface area contributed by atoms with Crippen LogP contribution in [0.2, 0.25) is 0 Å². The van der Waals surface area contributed by atoms with Crippen molar-refractivity contribution in [3.63, 3.8) is 0 Å². The Kier molecular flexibility index (Phi) is 8.75. The lowest BCUT2D eigenvalue weighted by Crippen LogP contribution is -2.48. The number of ether oxygens (including phenoxy) is 1. The Morgan fingerprint density at radius 3 is 2.62 bits per heavy atom. The Labute approximate surface area is 266 Å². The number of aliphatic hydroxyl groups excluding tert-OH is 1. The number of morpholine rings is 1. The fourth-order valence-corrected chi connectivity index (χ4v) is 7.22. The quantitative estimate of drug-likeness (QED) is 0.362. The molecule has 4 aliphatic rings. The lowest BCUT2D eigenvalue weighted by atomic mass is 9.96. The molecule has 1 N–H and O–H groups in total. The molecule has 0 bridgehead atoms. The summed E-state index contributed by atoms with van der Waals surface area (Å²) >= 11 is 0. The van der Waals surface area contributed by atoms with Crippen molar-refractivity contribution in [3.8, 4) is 0 Å². The minimum atomic E-state index is -0.284. The van der Waals surface area contributed by atoms with Gasteiger partial charge in [-0.25, -0.2) is 4.39 Å². The molecular weight excluding hydrogens is 567 g/mol. The van der Waals surface area contributed by atoms with Crippen LogP contribution in [-0.2, 0) is 17.7 Å². The molecule has 3 aliphatic heterocycles. The number of piperidine rings is 1. The van der Waals surface area contributed by atoms with Crippen molar-refractivity contribution < 1.29 is 14.2 Å². The van der Waals surface area contributed by atoms with E-state index in [1.165, 1.54) is 16.8 Å². The van der Waals surface area contributed by atoms with Crippen LogP contribution in [-0.4, -0.2) is 84.1 Å². The van der Waals surface area contributed by atoms with Gasteiger partial charge < -0.3 is 24.5 Å². The Balaban J connectivity index is 1.16. The summed E-state index contributed by atoms with van der Waals surface area (Å²) in [5, 5.41) is 9.65. The second-order valence-electron chi connectivity index (χ2n) is 13.3. The summed E-state index contributed by atoms with van der Waals surface area (Å²) in [7, 11) is 0. The third-order valence-corrected chi connectivity index (χ3v) is 9.72. The van der Waals surface area contributed by atoms with Gasteiger partial charge in [-0.2, -0.15) is 0 Å². The first-order valence-electron chi connectivity index (χ1n) is 16.5. The average molecular weight is 613 g/mol. The SMILES string of the molecule is Cc1ccc(N2CCC[C@H](N(CC3=CN(C4CC4)c4cc(N5CCOC(CO)C5)c(F)cc4C3)Cc3ccnc(C)c3)C2)cn1. The molecule has 1 aromatic carbocycles. The molecular formula is C36H45FN6O2. The molecule has 0 spiro atoms. The highest BCUT2D eigenvalue weighted by Crippen LogP contribution is 2.41. The van der Waals surface area contributed by atoms with Crippen LogP contribution in [0, 0.1) is 19.7 Å². The summed E-state index contributed by atoms with van der Waals surface area (Å²) in [6.45, 7) is 9.31. The first kappa shape index (κ1) is 30.1. The van der Waals surface area contributed by atoms with Crippen molar-refractivity contribution in [2.24, 2.45) is 0 Å². The van der Waals surface area contributed by atoms with Gasteiger partial charge in [0.05, 0.1) is 36.9 Å². The second-order valence-corrected chi connectivity index (χ2v) is 13.3. The van der Waals surface area contributed by atoms with Crippen LogP contribution >= 0.6 is 0 Å². The largest absolute Gasteiger partial charge is 0.394 e. The molecule has 238 valence electrons. The zero-order valence-electron chi connectivity index (χ0n) is 26.5. The number of pyridine rings is 2. The molecule has 0 radical (unpaired) electrons. The molecule has 45 heavy (non-hydrogen) atoms. The molecule has 5 heterocycles. The van der Waals surface area contributed by atoms with Gasteiger partial charge in [0.25, 0.3) is 0 Å². The predicted molar refractivity (Wildman–Crippen MR) is 176 cm³/mol. The van der Waals surface area contributed by atoms with Gasteiger partial charge in [0.2, 0.25) is 0 Å². The highest BCUT2D eigenvalue weighted by atomic mass is 19.1. The molecule has 3 fully saturated rings. The molecule has 2 saturated heterocycles. The maximum absolute atomic E-state index is 15.8. The Morgan fingerprint density at radius 2 is 1.84 bits per heavy atom. The van der Waals surface area contributed by atoms with E-state index in [2.05, 4.69) is 62.1 Å². The van der Waals surface area contributed by atoms with Crippen molar-refractivity contribution in [2.75, 3.05) is 60.6 Å². The van der Waals surface area contributed by atoms with Crippen LogP contribution < -0.4 is 14.7 Å². The number of benzene rings is 1. The summed E-state index contributed by atoms with van der Waals surface area (Å²) < 4.78 is 21.4. The van der Waals surface area contributed by atoms with Crippen molar-refractivity contribution in [3.05, 3.63) is 88.9 Å². The number of anilines is 3. The van der Waals surface area contributed by atoms with E-state index in [9.17, 15) is 5.11 Å². The van der Waals surface area contributed by atoms with Gasteiger partial charge in [-0.05, 0) is 99.0 Å². The summed E-state index contributed by atoms with van der Waals surface area (Å²) in [4.78, 5) is 18.6. The third-order valence-electron chi connectivity index (χ3n) is 9.72. The van der Waals surface area contributed by atoms with E-state index in [4.69, 9.17) is 4.74 Å². The number of halogens is 1. The number of rotatable bonds is 9. The van der Waals surface area contributed by atoms with Crippen LogP contribution in [0.15, 0.2) is 60.6 Å². The first-order valence-corrected chi connectivity index (χ1v) is 16.5. The smallest absolute Gasteiger partial charge is 0.146 e. The van der Waals surface area contributed by atoms with E-state index in [1.807, 2.05) is 30.3 Å². The highest BCUT2D eigenvalue weighted by Gasteiger charge is 2.35. The molecule has 0 amide bonds. The van der Waals surface area contributed by atoms with Crippen molar-refractivity contribution in [2.45, 2.75) is 70.7 Å². The van der Waals surface area contributed by atoms with Crippen LogP contribution in [0.5, 0.6) is 0 Å². The van der Waals surface area contributed by atoms with Gasteiger partial charge in [-0.1, -0.05) is 0 Å². The van der Waals surface area contributed by atoms with E-state index >= 15 is 4.39 Å². The fraction of sp³-hybridized carbons (Fsp3) is 0.500. The molecule has 9 heteroatoms. The third kappa shape index (κ3) is 6.86. The highest BCUT2D eigenvalue weighted by molar-refractivity contribution is 5.69. The van der Waals surface area contributed by atoms with Crippen LogP contribution in [0.1, 0.15) is 48.2 Å². The molecule has 2 aromatic heterocycles. The topological polar surface area (TPSA) is 68.2 Å². The van der Waals surface area contributed by atoms with Gasteiger partial charge in [-0.3, -0.25) is 14.9 Å². The van der Waals surface area contributed by atoms with Crippen LogP contribution in [0.3, 0.4) is 0 Å².